The van der Waals surface area contributed by atoms with Crippen LogP contribution in [0.25, 0.3) is 0 Å². The number of anilines is 3. The number of nitro benzene ring substituents is 1. The second kappa shape index (κ2) is 9.40. The first-order chi connectivity index (χ1) is 13.5. The number of nitrogens with zero attached hydrogens (tertiary/aromatic N) is 7. The normalized spacial score (nSPS) is 9.79. The molecular weight excluding hydrogens is 368 g/mol. The van der Waals surface area contributed by atoms with Gasteiger partial charge in [0.2, 0.25) is 11.6 Å². The molecule has 2 aromatic rings. The third-order valence-corrected chi connectivity index (χ3v) is 3.59. The maximum atomic E-state index is 11.7. The first-order valence-electron chi connectivity index (χ1n) is 7.97. The molecule has 12 heteroatoms. The topological polar surface area (TPSA) is 175 Å². The first kappa shape index (κ1) is 20.0. The summed E-state index contributed by atoms with van der Waals surface area (Å²) < 4.78 is 0. The highest BCUT2D eigenvalue weighted by molar-refractivity contribution is 5.75. The van der Waals surface area contributed by atoms with Crippen LogP contribution < -0.4 is 10.2 Å². The fourth-order valence-corrected chi connectivity index (χ4v) is 2.39. The lowest BCUT2D eigenvalue weighted by atomic mass is 10.2. The van der Waals surface area contributed by atoms with Gasteiger partial charge in [-0.1, -0.05) is 6.07 Å². The zero-order chi connectivity index (χ0) is 20.5. The van der Waals surface area contributed by atoms with E-state index in [9.17, 15) is 20.2 Å². The molecule has 1 heterocycles. The summed E-state index contributed by atoms with van der Waals surface area (Å²) in [6.45, 7) is 0.290. The van der Waals surface area contributed by atoms with Crippen molar-refractivity contribution in [3.05, 3.63) is 50.8 Å². The molecule has 0 radical (unpaired) electrons. The van der Waals surface area contributed by atoms with Crippen molar-refractivity contribution in [2.24, 2.45) is 0 Å². The number of rotatable bonds is 9. The molecule has 12 nitrogen and oxygen atoms in total. The van der Waals surface area contributed by atoms with Gasteiger partial charge in [0.25, 0.3) is 5.69 Å². The number of non-ortho nitro benzene ring substituents is 1. The van der Waals surface area contributed by atoms with Gasteiger partial charge in [0.1, 0.15) is 6.33 Å². The highest BCUT2D eigenvalue weighted by atomic mass is 16.6. The van der Waals surface area contributed by atoms with E-state index in [2.05, 4.69) is 15.3 Å². The summed E-state index contributed by atoms with van der Waals surface area (Å²) in [6, 6.07) is 9.33. The minimum atomic E-state index is -0.680. The maximum absolute atomic E-state index is 11.7. The van der Waals surface area contributed by atoms with Crippen molar-refractivity contribution in [1.82, 2.24) is 9.97 Å². The number of hydrogen-bond donors (Lipinski definition) is 1. The van der Waals surface area contributed by atoms with E-state index >= 15 is 0 Å². The summed E-state index contributed by atoms with van der Waals surface area (Å²) in [5.74, 6) is -0.201. The van der Waals surface area contributed by atoms with Crippen LogP contribution in [-0.4, -0.2) is 32.9 Å². The Morgan fingerprint density at radius 3 is 2.32 bits per heavy atom. The number of benzene rings is 1. The van der Waals surface area contributed by atoms with E-state index in [1.165, 1.54) is 29.2 Å². The Hall–Kier alpha value is -4.32. The van der Waals surface area contributed by atoms with Crippen LogP contribution in [0.1, 0.15) is 12.8 Å². The molecule has 28 heavy (non-hydrogen) atoms. The Kier molecular flexibility index (Phi) is 6.71. The van der Waals surface area contributed by atoms with Crippen molar-refractivity contribution in [2.75, 3.05) is 23.3 Å². The van der Waals surface area contributed by atoms with Crippen LogP contribution in [0.5, 0.6) is 0 Å². The Morgan fingerprint density at radius 2 is 1.75 bits per heavy atom. The van der Waals surface area contributed by atoms with E-state index < -0.39 is 15.5 Å². The third-order valence-electron chi connectivity index (χ3n) is 3.59. The van der Waals surface area contributed by atoms with Crippen LogP contribution >= 0.6 is 0 Å². The number of hydrogen-bond acceptors (Lipinski definition) is 10. The van der Waals surface area contributed by atoms with Crippen LogP contribution in [0.4, 0.5) is 28.7 Å². The van der Waals surface area contributed by atoms with Gasteiger partial charge >= 0.3 is 5.69 Å². The van der Waals surface area contributed by atoms with Crippen molar-refractivity contribution in [3.63, 3.8) is 0 Å². The highest BCUT2D eigenvalue weighted by Gasteiger charge is 2.27. The van der Waals surface area contributed by atoms with Gasteiger partial charge in [-0.3, -0.25) is 20.2 Å². The number of nitriles is 2. The largest absolute Gasteiger partial charge is 0.353 e. The summed E-state index contributed by atoms with van der Waals surface area (Å²) in [6.07, 6.45) is 1.27. The summed E-state index contributed by atoms with van der Waals surface area (Å²) >= 11 is 0. The van der Waals surface area contributed by atoms with Crippen molar-refractivity contribution in [3.8, 4) is 12.1 Å². The lowest BCUT2D eigenvalue weighted by molar-refractivity contribution is -0.384. The fourth-order valence-electron chi connectivity index (χ4n) is 2.39. The van der Waals surface area contributed by atoms with Gasteiger partial charge in [-0.05, 0) is 6.07 Å². The molecule has 1 N–H and O–H groups in total. The SMILES string of the molecule is N#CCCN(CCC#N)c1ncnc(Nc2cccc([N+](=O)[O-])c2)c1[N+](=O)[O-]. The van der Waals surface area contributed by atoms with Gasteiger partial charge < -0.3 is 10.2 Å². The molecule has 0 amide bonds. The summed E-state index contributed by atoms with van der Waals surface area (Å²) in [7, 11) is 0. The van der Waals surface area contributed by atoms with E-state index in [1.807, 2.05) is 12.1 Å². The summed E-state index contributed by atoms with van der Waals surface area (Å²) in [4.78, 5) is 30.6. The number of nitrogens with one attached hydrogen (secondary N) is 1. The average molecular weight is 382 g/mol. The molecule has 0 spiro atoms. The molecular formula is C16H14N8O4. The number of aromatic nitrogens is 2. The molecule has 1 aromatic heterocycles. The van der Waals surface area contributed by atoms with Crippen LogP contribution in [0.2, 0.25) is 0 Å². The predicted octanol–water partition coefficient (Wildman–Crippen LogP) is 2.67. The quantitative estimate of drug-likeness (QED) is 0.501. The van der Waals surface area contributed by atoms with Crippen molar-refractivity contribution in [2.45, 2.75) is 12.8 Å². The monoisotopic (exact) mass is 382 g/mol. The average Bonchev–Trinajstić information content (AvgIpc) is 2.68. The molecule has 0 aliphatic heterocycles. The molecule has 0 bridgehead atoms. The standard InChI is InChI=1S/C16H14N8O4/c17-6-2-8-22(9-3-7-18)16-14(24(27)28)15(19-11-20-16)21-12-4-1-5-13(10-12)23(25)26/h1,4-5,10-11H,2-3,8-9H2,(H,19,20,21). The number of nitro groups is 2. The first-order valence-corrected chi connectivity index (χ1v) is 7.97. The molecule has 0 atom stereocenters. The summed E-state index contributed by atoms with van der Waals surface area (Å²) in [5.41, 5.74) is -0.404. The fraction of sp³-hybridized carbons (Fsp3) is 0.250. The van der Waals surface area contributed by atoms with Gasteiger partial charge in [-0.15, -0.1) is 0 Å². The second-order valence-corrected chi connectivity index (χ2v) is 5.39. The minimum absolute atomic E-state index is 0.0431. The van der Waals surface area contributed by atoms with E-state index in [1.54, 1.807) is 0 Å². The van der Waals surface area contributed by atoms with Gasteiger partial charge in [0.15, 0.2) is 0 Å². The van der Waals surface area contributed by atoms with E-state index in [0.29, 0.717) is 0 Å². The van der Waals surface area contributed by atoms with Gasteiger partial charge in [-0.2, -0.15) is 10.5 Å². The molecule has 0 unspecified atom stereocenters. The van der Waals surface area contributed by atoms with Crippen LogP contribution in [0.3, 0.4) is 0 Å². The van der Waals surface area contributed by atoms with E-state index in [0.717, 1.165) is 6.33 Å². The lowest BCUT2D eigenvalue weighted by Crippen LogP contribution is -2.27. The van der Waals surface area contributed by atoms with Crippen molar-refractivity contribution in [1.29, 1.82) is 10.5 Å². The Morgan fingerprint density at radius 1 is 1.07 bits per heavy atom. The highest BCUT2D eigenvalue weighted by Crippen LogP contribution is 2.34. The van der Waals surface area contributed by atoms with Gasteiger partial charge in [0, 0.05) is 30.9 Å². The Labute approximate surface area is 159 Å². The molecule has 142 valence electrons. The predicted molar refractivity (Wildman–Crippen MR) is 97.7 cm³/mol. The van der Waals surface area contributed by atoms with Crippen molar-refractivity contribution >= 4 is 28.7 Å². The van der Waals surface area contributed by atoms with Crippen LogP contribution in [0, 0.1) is 42.9 Å². The molecule has 0 saturated heterocycles. The molecule has 0 aliphatic rings. The lowest BCUT2D eigenvalue weighted by Gasteiger charge is -2.21. The second-order valence-electron chi connectivity index (χ2n) is 5.39. The van der Waals surface area contributed by atoms with E-state index in [4.69, 9.17) is 10.5 Å². The Bertz CT molecular complexity index is 948. The third kappa shape index (κ3) is 4.86. The van der Waals surface area contributed by atoms with Gasteiger partial charge in [-0.25, -0.2) is 9.97 Å². The van der Waals surface area contributed by atoms with Gasteiger partial charge in [0.05, 0.1) is 34.8 Å². The molecule has 0 saturated carbocycles. The molecule has 2 rings (SSSR count). The maximum Gasteiger partial charge on any atom is 0.353 e. The summed E-state index contributed by atoms with van der Waals surface area (Å²) in [5, 5.41) is 42.9. The smallest absolute Gasteiger partial charge is 0.349 e. The van der Waals surface area contributed by atoms with Crippen molar-refractivity contribution < 1.29 is 9.85 Å². The zero-order valence-electron chi connectivity index (χ0n) is 14.5. The van der Waals surface area contributed by atoms with Crippen LogP contribution in [0.15, 0.2) is 30.6 Å². The zero-order valence-corrected chi connectivity index (χ0v) is 14.5. The Balaban J connectivity index is 2.46. The molecule has 1 aromatic carbocycles. The molecule has 0 aliphatic carbocycles. The minimum Gasteiger partial charge on any atom is -0.349 e. The molecule has 0 fully saturated rings. The van der Waals surface area contributed by atoms with E-state index in [-0.39, 0.29) is 48.9 Å². The van der Waals surface area contributed by atoms with Crippen LogP contribution in [-0.2, 0) is 0 Å².